The topological polar surface area (TPSA) is 67.4 Å². The second-order valence-corrected chi connectivity index (χ2v) is 8.02. The molecule has 22 heavy (non-hydrogen) atoms. The van der Waals surface area contributed by atoms with E-state index in [9.17, 15) is 8.42 Å². The van der Waals surface area contributed by atoms with Crippen LogP contribution in [-0.4, -0.2) is 28.7 Å². The number of hydrogen-bond acceptors (Lipinski definition) is 5. The Morgan fingerprint density at radius 3 is 2.36 bits per heavy atom. The van der Waals surface area contributed by atoms with Gasteiger partial charge in [0.15, 0.2) is 0 Å². The summed E-state index contributed by atoms with van der Waals surface area (Å²) in [6, 6.07) is 10.6. The van der Waals surface area contributed by atoms with Crippen LogP contribution in [0.15, 0.2) is 40.6 Å². The number of rotatable bonds is 8. The Hall–Kier alpha value is -1.57. The molecular weight excluding hydrogens is 320 g/mol. The molecule has 7 heteroatoms. The molecule has 2 aromatic rings. The molecule has 2 rings (SSSR count). The van der Waals surface area contributed by atoms with Crippen LogP contribution < -0.4 is 10.0 Å². The van der Waals surface area contributed by atoms with Gasteiger partial charge in [0.1, 0.15) is 4.21 Å². The first-order valence-electron chi connectivity index (χ1n) is 6.93. The van der Waals surface area contributed by atoms with Crippen molar-refractivity contribution in [1.82, 2.24) is 0 Å². The highest BCUT2D eigenvalue weighted by molar-refractivity contribution is 7.94. The van der Waals surface area contributed by atoms with Crippen molar-refractivity contribution in [3.05, 3.63) is 41.3 Å². The van der Waals surface area contributed by atoms with E-state index in [1.165, 1.54) is 11.3 Å². The van der Waals surface area contributed by atoms with Crippen molar-refractivity contribution in [2.75, 3.05) is 30.3 Å². The quantitative estimate of drug-likeness (QED) is 0.724. The van der Waals surface area contributed by atoms with Crippen LogP contribution in [0.4, 0.5) is 11.4 Å². The summed E-state index contributed by atoms with van der Waals surface area (Å²) in [5, 5.41) is 3.25. The predicted octanol–water partition coefficient (Wildman–Crippen LogP) is 3.31. The van der Waals surface area contributed by atoms with Crippen molar-refractivity contribution in [3.8, 4) is 0 Å². The average Bonchev–Trinajstić information content (AvgIpc) is 2.93. The smallest absolute Gasteiger partial charge is 0.271 e. The normalized spacial score (nSPS) is 11.4. The molecular formula is C15H20N2O3S2. The van der Waals surface area contributed by atoms with Crippen LogP contribution in [0.5, 0.6) is 0 Å². The van der Waals surface area contributed by atoms with E-state index in [-0.39, 0.29) is 0 Å². The summed E-state index contributed by atoms with van der Waals surface area (Å²) in [5.74, 6) is 0. The number of thiophene rings is 1. The Morgan fingerprint density at radius 1 is 1.09 bits per heavy atom. The van der Waals surface area contributed by atoms with Crippen molar-refractivity contribution in [3.63, 3.8) is 0 Å². The lowest BCUT2D eigenvalue weighted by molar-refractivity contribution is 0.198. The van der Waals surface area contributed by atoms with E-state index in [4.69, 9.17) is 4.74 Å². The molecule has 0 unspecified atom stereocenters. The first-order valence-corrected chi connectivity index (χ1v) is 9.23. The minimum atomic E-state index is -3.50. The summed E-state index contributed by atoms with van der Waals surface area (Å²) in [6.07, 6.45) is 0.919. The van der Waals surface area contributed by atoms with Gasteiger partial charge in [0.05, 0.1) is 0 Å². The molecule has 0 spiro atoms. The predicted molar refractivity (Wildman–Crippen MR) is 91.3 cm³/mol. The lowest BCUT2D eigenvalue weighted by atomic mass is 10.3. The molecule has 0 aliphatic carbocycles. The maximum absolute atomic E-state index is 12.2. The molecule has 0 atom stereocenters. The fourth-order valence-corrected chi connectivity index (χ4v) is 4.21. The van der Waals surface area contributed by atoms with Crippen molar-refractivity contribution in [1.29, 1.82) is 0 Å². The minimum Gasteiger partial charge on any atom is -0.385 e. The van der Waals surface area contributed by atoms with E-state index < -0.39 is 10.0 Å². The van der Waals surface area contributed by atoms with Gasteiger partial charge in [-0.25, -0.2) is 8.42 Å². The van der Waals surface area contributed by atoms with Crippen LogP contribution in [0, 0.1) is 6.92 Å². The van der Waals surface area contributed by atoms with Crippen molar-refractivity contribution >= 4 is 32.7 Å². The zero-order valence-electron chi connectivity index (χ0n) is 12.6. The molecule has 1 aromatic carbocycles. The maximum Gasteiger partial charge on any atom is 0.271 e. The Balaban J connectivity index is 1.96. The Morgan fingerprint density at radius 2 is 1.77 bits per heavy atom. The molecule has 5 nitrogen and oxygen atoms in total. The van der Waals surface area contributed by atoms with Gasteiger partial charge in [0.25, 0.3) is 10.0 Å². The molecule has 0 saturated heterocycles. The van der Waals surface area contributed by atoms with E-state index in [1.807, 2.05) is 19.1 Å². The number of nitrogens with one attached hydrogen (secondary N) is 2. The SMILES string of the molecule is COCCCNc1ccc(NS(=O)(=O)c2ccc(C)s2)cc1. The van der Waals surface area contributed by atoms with Gasteiger partial charge in [-0.1, -0.05) is 0 Å². The van der Waals surface area contributed by atoms with E-state index in [1.54, 1.807) is 31.4 Å². The number of methoxy groups -OCH3 is 1. The van der Waals surface area contributed by atoms with E-state index in [0.717, 1.165) is 23.5 Å². The van der Waals surface area contributed by atoms with Gasteiger partial charge in [0.2, 0.25) is 0 Å². The van der Waals surface area contributed by atoms with Gasteiger partial charge in [-0.3, -0.25) is 4.72 Å². The molecule has 0 fully saturated rings. The fraction of sp³-hybridized carbons (Fsp3) is 0.333. The molecule has 0 amide bonds. The van der Waals surface area contributed by atoms with Crippen LogP contribution in [0.2, 0.25) is 0 Å². The highest BCUT2D eigenvalue weighted by Gasteiger charge is 2.16. The fourth-order valence-electron chi connectivity index (χ4n) is 1.87. The monoisotopic (exact) mass is 340 g/mol. The number of sulfonamides is 1. The molecule has 1 heterocycles. The van der Waals surface area contributed by atoms with Gasteiger partial charge < -0.3 is 10.1 Å². The number of anilines is 2. The first-order chi connectivity index (χ1) is 10.5. The number of hydrogen-bond donors (Lipinski definition) is 2. The Kier molecular flexibility index (Phi) is 5.82. The summed E-state index contributed by atoms with van der Waals surface area (Å²) in [5.41, 5.74) is 1.50. The van der Waals surface area contributed by atoms with Crippen LogP contribution in [-0.2, 0) is 14.8 Å². The number of aryl methyl sites for hydroxylation is 1. The zero-order chi connectivity index (χ0) is 16.0. The van der Waals surface area contributed by atoms with Gasteiger partial charge in [-0.15, -0.1) is 11.3 Å². The van der Waals surface area contributed by atoms with Crippen LogP contribution in [0.3, 0.4) is 0 Å². The summed E-state index contributed by atoms with van der Waals surface area (Å²) >= 11 is 1.26. The molecule has 0 saturated carbocycles. The standard InChI is InChI=1S/C15H20N2O3S2/c1-12-4-9-15(21-12)22(18,19)17-14-7-5-13(6-8-14)16-10-3-11-20-2/h4-9,16-17H,3,10-11H2,1-2H3. The van der Waals surface area contributed by atoms with Gasteiger partial charge >= 0.3 is 0 Å². The summed E-state index contributed by atoms with van der Waals surface area (Å²) in [7, 11) is -1.82. The van der Waals surface area contributed by atoms with Crippen molar-refractivity contribution in [2.24, 2.45) is 0 Å². The van der Waals surface area contributed by atoms with Crippen molar-refractivity contribution in [2.45, 2.75) is 17.6 Å². The van der Waals surface area contributed by atoms with Crippen molar-refractivity contribution < 1.29 is 13.2 Å². The molecule has 120 valence electrons. The lowest BCUT2D eigenvalue weighted by Gasteiger charge is -2.09. The molecule has 1 aromatic heterocycles. The average molecular weight is 340 g/mol. The molecule has 0 aliphatic heterocycles. The Labute approximate surface area is 135 Å². The van der Waals surface area contributed by atoms with Crippen LogP contribution in [0.25, 0.3) is 0 Å². The maximum atomic E-state index is 12.2. The molecule has 2 N–H and O–H groups in total. The van der Waals surface area contributed by atoms with Gasteiger partial charge in [-0.2, -0.15) is 0 Å². The highest BCUT2D eigenvalue weighted by atomic mass is 32.2. The van der Waals surface area contributed by atoms with E-state index in [2.05, 4.69) is 10.0 Å². The number of benzene rings is 1. The lowest BCUT2D eigenvalue weighted by Crippen LogP contribution is -2.11. The summed E-state index contributed by atoms with van der Waals surface area (Å²) < 4.78 is 32.3. The highest BCUT2D eigenvalue weighted by Crippen LogP contribution is 2.24. The van der Waals surface area contributed by atoms with E-state index in [0.29, 0.717) is 16.5 Å². The second-order valence-electron chi connectivity index (χ2n) is 4.82. The Bertz CT molecular complexity index is 694. The first kappa shape index (κ1) is 16.8. The third kappa shape index (κ3) is 4.72. The molecule has 0 aliphatic rings. The van der Waals surface area contributed by atoms with Gasteiger partial charge in [-0.05, 0) is 49.7 Å². The molecule has 0 bridgehead atoms. The van der Waals surface area contributed by atoms with Crippen LogP contribution >= 0.6 is 11.3 Å². The van der Waals surface area contributed by atoms with Gasteiger partial charge in [0, 0.05) is 36.5 Å². The minimum absolute atomic E-state index is 0.326. The number of ether oxygens (including phenoxy) is 1. The summed E-state index contributed by atoms with van der Waals surface area (Å²) in [6.45, 7) is 3.41. The third-order valence-corrected chi connectivity index (χ3v) is 5.85. The van der Waals surface area contributed by atoms with Crippen LogP contribution in [0.1, 0.15) is 11.3 Å². The second kappa shape index (κ2) is 7.62. The zero-order valence-corrected chi connectivity index (χ0v) is 14.3. The summed E-state index contributed by atoms with van der Waals surface area (Å²) in [4.78, 5) is 0.969. The third-order valence-electron chi connectivity index (χ3n) is 2.97. The van der Waals surface area contributed by atoms with E-state index >= 15 is 0 Å². The largest absolute Gasteiger partial charge is 0.385 e. The molecule has 0 radical (unpaired) electrons.